The Kier molecular flexibility index (Phi) is 5.75. The van der Waals surface area contributed by atoms with Gasteiger partial charge in [-0.25, -0.2) is 4.98 Å². The number of anilines is 3. The molecule has 2 heterocycles. The first-order valence-electron chi connectivity index (χ1n) is 7.14. The van der Waals surface area contributed by atoms with E-state index in [1.54, 1.807) is 6.20 Å². The van der Waals surface area contributed by atoms with E-state index in [4.69, 9.17) is 0 Å². The zero-order valence-corrected chi connectivity index (χ0v) is 12.9. The molecule has 1 amide bonds. The normalized spacial score (nSPS) is 16.6. The lowest BCUT2D eigenvalue weighted by molar-refractivity contribution is -0.117. The van der Waals surface area contributed by atoms with E-state index in [9.17, 15) is 4.79 Å². The molecule has 0 saturated carbocycles. The Morgan fingerprint density at radius 2 is 1.95 bits per heavy atom. The molecule has 0 bridgehead atoms. The van der Waals surface area contributed by atoms with Crippen LogP contribution in [-0.4, -0.2) is 23.5 Å². The summed E-state index contributed by atoms with van der Waals surface area (Å²) in [6, 6.07) is 13.5. The average molecular weight is 319 g/mol. The van der Waals surface area contributed by atoms with E-state index in [0.29, 0.717) is 5.69 Å². The van der Waals surface area contributed by atoms with Crippen molar-refractivity contribution in [3.63, 3.8) is 0 Å². The molecular weight excluding hydrogens is 300 g/mol. The minimum absolute atomic E-state index is 0. The van der Waals surface area contributed by atoms with Gasteiger partial charge in [-0.2, -0.15) is 0 Å². The van der Waals surface area contributed by atoms with Crippen LogP contribution in [0.4, 0.5) is 17.2 Å². The summed E-state index contributed by atoms with van der Waals surface area (Å²) in [4.78, 5) is 16.3. The number of benzene rings is 1. The Labute approximate surface area is 135 Å². The van der Waals surface area contributed by atoms with Gasteiger partial charge >= 0.3 is 0 Å². The van der Waals surface area contributed by atoms with E-state index >= 15 is 0 Å². The highest BCUT2D eigenvalue weighted by atomic mass is 35.5. The van der Waals surface area contributed by atoms with Gasteiger partial charge in [0, 0.05) is 5.69 Å². The summed E-state index contributed by atoms with van der Waals surface area (Å²) in [5.74, 6) is 0.760. The van der Waals surface area contributed by atoms with Crippen molar-refractivity contribution < 1.29 is 4.79 Å². The van der Waals surface area contributed by atoms with Crippen molar-refractivity contribution in [1.29, 1.82) is 0 Å². The third-order valence-electron chi connectivity index (χ3n) is 3.45. The number of halogens is 1. The maximum absolute atomic E-state index is 12.0. The molecule has 3 N–H and O–H groups in total. The minimum Gasteiger partial charge on any atom is -0.340 e. The van der Waals surface area contributed by atoms with E-state index in [0.717, 1.165) is 30.9 Å². The second-order valence-corrected chi connectivity index (χ2v) is 5.06. The topological polar surface area (TPSA) is 66.0 Å². The predicted molar refractivity (Wildman–Crippen MR) is 90.9 cm³/mol. The molecule has 0 spiro atoms. The summed E-state index contributed by atoms with van der Waals surface area (Å²) < 4.78 is 0. The number of hydrogen-bond acceptors (Lipinski definition) is 4. The number of rotatable bonds is 4. The second-order valence-electron chi connectivity index (χ2n) is 5.06. The van der Waals surface area contributed by atoms with Crippen LogP contribution in [-0.2, 0) is 4.79 Å². The highest BCUT2D eigenvalue weighted by Crippen LogP contribution is 2.16. The molecule has 22 heavy (non-hydrogen) atoms. The van der Waals surface area contributed by atoms with Crippen LogP contribution in [0.2, 0.25) is 0 Å². The van der Waals surface area contributed by atoms with Crippen LogP contribution in [0.5, 0.6) is 0 Å². The van der Waals surface area contributed by atoms with Gasteiger partial charge in [-0.1, -0.05) is 18.2 Å². The fourth-order valence-electron chi connectivity index (χ4n) is 2.35. The SMILES string of the molecule is Cl.O=C(Nc1ccc(Nc2ccccc2)nc1)[C@@H]1CCCN1. The van der Waals surface area contributed by atoms with Gasteiger partial charge in [-0.15, -0.1) is 12.4 Å². The molecule has 1 aromatic carbocycles. The summed E-state index contributed by atoms with van der Waals surface area (Å²) in [5.41, 5.74) is 1.70. The molecule has 1 aromatic heterocycles. The molecule has 3 rings (SSSR count). The minimum atomic E-state index is -0.0767. The van der Waals surface area contributed by atoms with Crippen LogP contribution in [0.15, 0.2) is 48.7 Å². The summed E-state index contributed by atoms with van der Waals surface area (Å²) in [6.45, 7) is 0.913. The Hall–Kier alpha value is -2.11. The van der Waals surface area contributed by atoms with Gasteiger partial charge < -0.3 is 16.0 Å². The Bertz CT molecular complexity index is 597. The van der Waals surface area contributed by atoms with Crippen LogP contribution in [0.3, 0.4) is 0 Å². The highest BCUT2D eigenvalue weighted by Gasteiger charge is 2.21. The van der Waals surface area contributed by atoms with Crippen molar-refractivity contribution in [2.24, 2.45) is 0 Å². The number of nitrogens with zero attached hydrogens (tertiary/aromatic N) is 1. The van der Waals surface area contributed by atoms with E-state index in [1.807, 2.05) is 42.5 Å². The van der Waals surface area contributed by atoms with Gasteiger partial charge in [0.1, 0.15) is 5.82 Å². The quantitative estimate of drug-likeness (QED) is 0.811. The van der Waals surface area contributed by atoms with Gasteiger partial charge in [-0.3, -0.25) is 4.79 Å². The van der Waals surface area contributed by atoms with Gasteiger partial charge in [-0.05, 0) is 43.7 Å². The number of carbonyl (C=O) groups excluding carboxylic acids is 1. The number of carbonyl (C=O) groups is 1. The monoisotopic (exact) mass is 318 g/mol. The molecule has 0 radical (unpaired) electrons. The van der Waals surface area contributed by atoms with E-state index in [1.165, 1.54) is 0 Å². The summed E-state index contributed by atoms with van der Waals surface area (Å²) in [7, 11) is 0. The molecule has 2 aromatic rings. The number of pyridine rings is 1. The maximum Gasteiger partial charge on any atom is 0.241 e. The lowest BCUT2D eigenvalue weighted by atomic mass is 10.2. The van der Waals surface area contributed by atoms with Crippen LogP contribution in [0.1, 0.15) is 12.8 Å². The molecule has 1 aliphatic heterocycles. The summed E-state index contributed by atoms with van der Waals surface area (Å²) >= 11 is 0. The van der Waals surface area contributed by atoms with E-state index in [-0.39, 0.29) is 24.4 Å². The highest BCUT2D eigenvalue weighted by molar-refractivity contribution is 5.94. The Morgan fingerprint density at radius 3 is 2.59 bits per heavy atom. The predicted octanol–water partition coefficient (Wildman–Crippen LogP) is 2.94. The van der Waals surface area contributed by atoms with E-state index < -0.39 is 0 Å². The van der Waals surface area contributed by atoms with Crippen molar-refractivity contribution >= 4 is 35.5 Å². The molecular formula is C16H19ClN4O. The molecule has 5 nitrogen and oxygen atoms in total. The Morgan fingerprint density at radius 1 is 1.14 bits per heavy atom. The number of para-hydroxylation sites is 1. The van der Waals surface area contributed by atoms with E-state index in [2.05, 4.69) is 20.9 Å². The van der Waals surface area contributed by atoms with Crippen molar-refractivity contribution in [2.75, 3.05) is 17.2 Å². The zero-order valence-electron chi connectivity index (χ0n) is 12.1. The average Bonchev–Trinajstić information content (AvgIpc) is 3.05. The molecule has 6 heteroatoms. The first-order chi connectivity index (χ1) is 10.3. The molecule has 0 unspecified atom stereocenters. The van der Waals surface area contributed by atoms with Gasteiger partial charge in [0.05, 0.1) is 17.9 Å². The first kappa shape index (κ1) is 16.3. The number of amides is 1. The van der Waals surface area contributed by atoms with Crippen molar-refractivity contribution in [2.45, 2.75) is 18.9 Å². The maximum atomic E-state index is 12.0. The molecule has 1 fully saturated rings. The third kappa shape index (κ3) is 4.19. The molecule has 1 atom stereocenters. The zero-order chi connectivity index (χ0) is 14.5. The smallest absolute Gasteiger partial charge is 0.241 e. The fourth-order valence-corrected chi connectivity index (χ4v) is 2.35. The van der Waals surface area contributed by atoms with Crippen LogP contribution >= 0.6 is 12.4 Å². The van der Waals surface area contributed by atoms with Crippen LogP contribution in [0.25, 0.3) is 0 Å². The standard InChI is InChI=1S/C16H18N4O.ClH/c21-16(14-7-4-10-17-14)20-13-8-9-15(18-11-13)19-12-5-2-1-3-6-12;/h1-3,5-6,8-9,11,14,17H,4,7,10H2,(H,18,19)(H,20,21);1H/t14-;/m0./s1. The van der Waals surface area contributed by atoms with Crippen molar-refractivity contribution in [3.8, 4) is 0 Å². The molecule has 1 saturated heterocycles. The summed E-state index contributed by atoms with van der Waals surface area (Å²) in [6.07, 6.45) is 3.61. The van der Waals surface area contributed by atoms with Gasteiger partial charge in [0.2, 0.25) is 5.91 Å². The van der Waals surface area contributed by atoms with Crippen molar-refractivity contribution in [1.82, 2.24) is 10.3 Å². The number of nitrogens with one attached hydrogen (secondary N) is 3. The van der Waals surface area contributed by atoms with Gasteiger partial charge in [0.15, 0.2) is 0 Å². The molecule has 0 aliphatic carbocycles. The molecule has 1 aliphatic rings. The van der Waals surface area contributed by atoms with Crippen LogP contribution < -0.4 is 16.0 Å². The lowest BCUT2D eigenvalue weighted by Gasteiger charge is -2.11. The largest absolute Gasteiger partial charge is 0.340 e. The fraction of sp³-hybridized carbons (Fsp3) is 0.250. The number of hydrogen-bond donors (Lipinski definition) is 3. The Balaban J connectivity index is 0.00000176. The third-order valence-corrected chi connectivity index (χ3v) is 3.45. The van der Waals surface area contributed by atoms with Crippen molar-refractivity contribution in [3.05, 3.63) is 48.7 Å². The second kappa shape index (κ2) is 7.77. The lowest BCUT2D eigenvalue weighted by Crippen LogP contribution is -2.35. The first-order valence-corrected chi connectivity index (χ1v) is 7.14. The number of aromatic nitrogens is 1. The van der Waals surface area contributed by atoms with Crippen LogP contribution in [0, 0.1) is 0 Å². The van der Waals surface area contributed by atoms with Gasteiger partial charge in [0.25, 0.3) is 0 Å². The summed E-state index contributed by atoms with van der Waals surface area (Å²) in [5, 5.41) is 9.26. The molecule has 116 valence electrons.